The van der Waals surface area contributed by atoms with Gasteiger partial charge in [-0.1, -0.05) is 49.4 Å². The Balaban J connectivity index is 1.50. The monoisotopic (exact) mass is 325 g/mol. The summed E-state index contributed by atoms with van der Waals surface area (Å²) in [6.07, 6.45) is 6.53. The van der Waals surface area contributed by atoms with Crippen LogP contribution in [0.2, 0.25) is 0 Å². The van der Waals surface area contributed by atoms with E-state index < -0.39 is 0 Å². The van der Waals surface area contributed by atoms with E-state index in [-0.39, 0.29) is 23.8 Å². The van der Waals surface area contributed by atoms with Gasteiger partial charge < -0.3 is 9.47 Å². The number of rotatable bonds is 3. The highest BCUT2D eigenvalue weighted by Gasteiger charge is 2.62. The number of nitrogens with zero attached hydrogens (tertiary/aromatic N) is 1. The van der Waals surface area contributed by atoms with Crippen LogP contribution in [0.3, 0.4) is 0 Å². The Morgan fingerprint density at radius 3 is 2.92 bits per heavy atom. The van der Waals surface area contributed by atoms with Crippen molar-refractivity contribution in [2.45, 2.75) is 37.5 Å². The van der Waals surface area contributed by atoms with Gasteiger partial charge in [0.2, 0.25) is 0 Å². The average molecular weight is 325 g/mol. The van der Waals surface area contributed by atoms with E-state index in [9.17, 15) is 4.79 Å². The molecule has 4 bridgehead atoms. The molecule has 24 heavy (non-hydrogen) atoms. The zero-order chi connectivity index (χ0) is 16.3. The highest BCUT2D eigenvalue weighted by Crippen LogP contribution is 2.55. The van der Waals surface area contributed by atoms with Gasteiger partial charge >= 0.3 is 6.09 Å². The van der Waals surface area contributed by atoms with E-state index >= 15 is 0 Å². The number of benzene rings is 1. The van der Waals surface area contributed by atoms with Crippen LogP contribution in [0, 0.1) is 17.8 Å². The van der Waals surface area contributed by atoms with E-state index in [1.54, 1.807) is 0 Å². The van der Waals surface area contributed by atoms with Crippen LogP contribution in [-0.2, 0) is 15.9 Å². The van der Waals surface area contributed by atoms with E-state index in [4.69, 9.17) is 9.47 Å². The standard InChI is InChI=1S/C20H23NO3/c1-13-18-17-7-8-20(13,10-15(17)11-23-18)21-16(12-24-19(21)22)9-14-5-3-2-4-6-14/h2-8,13,15-18H,9-12H2,1H3/t13-,15-,16+,17-,18-,20-/m0/s1. The first-order chi connectivity index (χ1) is 11.7. The van der Waals surface area contributed by atoms with Gasteiger partial charge in [0.1, 0.15) is 6.61 Å². The SMILES string of the molecule is C[C@H]1[C@@H]2OC[C@@H]3C[C@@]1(N1C(=O)OC[C@H]1Cc1ccccc1)C=C[C@@H]32. The fourth-order valence-corrected chi connectivity index (χ4v) is 5.46. The summed E-state index contributed by atoms with van der Waals surface area (Å²) in [6, 6.07) is 10.5. The van der Waals surface area contributed by atoms with Crippen LogP contribution in [-0.4, -0.2) is 41.9 Å². The second kappa shape index (κ2) is 5.09. The molecule has 1 aromatic rings. The molecule has 3 fully saturated rings. The minimum Gasteiger partial charge on any atom is -0.447 e. The maximum absolute atomic E-state index is 12.7. The number of cyclic esters (lactones) is 1. The zero-order valence-electron chi connectivity index (χ0n) is 13.9. The normalized spacial score (nSPS) is 42.6. The van der Waals surface area contributed by atoms with Crippen molar-refractivity contribution in [3.8, 4) is 0 Å². The molecule has 0 spiro atoms. The molecule has 3 aliphatic carbocycles. The van der Waals surface area contributed by atoms with Crippen molar-refractivity contribution in [3.05, 3.63) is 48.0 Å². The lowest BCUT2D eigenvalue weighted by Crippen LogP contribution is -2.64. The molecule has 0 unspecified atom stereocenters. The maximum Gasteiger partial charge on any atom is 0.410 e. The molecule has 1 amide bonds. The average Bonchev–Trinajstić information content (AvgIpc) is 3.15. The molecule has 2 aliphatic heterocycles. The van der Waals surface area contributed by atoms with Gasteiger partial charge in [-0.15, -0.1) is 0 Å². The fourth-order valence-electron chi connectivity index (χ4n) is 5.46. The van der Waals surface area contributed by atoms with Crippen molar-refractivity contribution in [1.29, 1.82) is 0 Å². The van der Waals surface area contributed by atoms with Gasteiger partial charge in [-0.05, 0) is 24.3 Å². The van der Waals surface area contributed by atoms with Gasteiger partial charge in [0.15, 0.2) is 0 Å². The van der Waals surface area contributed by atoms with Gasteiger partial charge in [0, 0.05) is 11.8 Å². The molecule has 1 aromatic carbocycles. The lowest BCUT2D eigenvalue weighted by molar-refractivity contribution is -0.0312. The molecule has 2 heterocycles. The molecular weight excluding hydrogens is 302 g/mol. The molecule has 0 N–H and O–H groups in total. The third kappa shape index (κ3) is 1.86. The van der Waals surface area contributed by atoms with Crippen molar-refractivity contribution in [3.63, 3.8) is 0 Å². The Kier molecular flexibility index (Phi) is 3.08. The molecule has 0 aromatic heterocycles. The van der Waals surface area contributed by atoms with Crippen LogP contribution < -0.4 is 0 Å². The predicted octanol–water partition coefficient (Wildman–Crippen LogP) is 3.03. The highest BCUT2D eigenvalue weighted by atomic mass is 16.6. The summed E-state index contributed by atoms with van der Waals surface area (Å²) in [5, 5.41) is 0. The van der Waals surface area contributed by atoms with Crippen molar-refractivity contribution >= 4 is 6.09 Å². The molecule has 126 valence electrons. The molecule has 1 saturated carbocycles. The van der Waals surface area contributed by atoms with Crippen LogP contribution in [0.4, 0.5) is 4.79 Å². The topological polar surface area (TPSA) is 38.8 Å². The van der Waals surface area contributed by atoms with Gasteiger partial charge in [-0.2, -0.15) is 0 Å². The summed E-state index contributed by atoms with van der Waals surface area (Å²) in [4.78, 5) is 14.7. The Morgan fingerprint density at radius 2 is 2.08 bits per heavy atom. The highest BCUT2D eigenvalue weighted by molar-refractivity contribution is 5.72. The fraction of sp³-hybridized carbons (Fsp3) is 0.550. The van der Waals surface area contributed by atoms with Crippen molar-refractivity contribution in [2.75, 3.05) is 13.2 Å². The Hall–Kier alpha value is -1.81. The Morgan fingerprint density at radius 1 is 1.25 bits per heavy atom. The minimum absolute atomic E-state index is 0.0982. The van der Waals surface area contributed by atoms with Crippen molar-refractivity contribution < 1.29 is 14.3 Å². The van der Waals surface area contributed by atoms with Crippen LogP contribution >= 0.6 is 0 Å². The summed E-state index contributed by atoms with van der Waals surface area (Å²) in [5.41, 5.74) is 1.01. The minimum atomic E-state index is -0.242. The molecule has 6 atom stereocenters. The largest absolute Gasteiger partial charge is 0.447 e. The van der Waals surface area contributed by atoms with Crippen LogP contribution in [0.25, 0.3) is 0 Å². The van der Waals surface area contributed by atoms with Gasteiger partial charge in [-0.3, -0.25) is 4.90 Å². The Labute approximate surface area is 142 Å². The van der Waals surface area contributed by atoms with Crippen molar-refractivity contribution in [1.82, 2.24) is 4.90 Å². The lowest BCUT2D eigenvalue weighted by Gasteiger charge is -2.54. The molecule has 2 saturated heterocycles. The number of amides is 1. The maximum atomic E-state index is 12.7. The molecule has 0 radical (unpaired) electrons. The zero-order valence-corrected chi connectivity index (χ0v) is 13.9. The van der Waals surface area contributed by atoms with E-state index in [1.807, 2.05) is 11.0 Å². The van der Waals surface area contributed by atoms with Crippen LogP contribution in [0.5, 0.6) is 0 Å². The Bertz CT molecular complexity index is 687. The first-order valence-electron chi connectivity index (χ1n) is 9.00. The summed E-state index contributed by atoms with van der Waals surface area (Å²) in [7, 11) is 0. The van der Waals surface area contributed by atoms with E-state index in [0.29, 0.717) is 24.4 Å². The van der Waals surface area contributed by atoms with Gasteiger partial charge in [0.25, 0.3) is 0 Å². The second-order valence-corrected chi connectivity index (χ2v) is 7.77. The van der Waals surface area contributed by atoms with Crippen LogP contribution in [0.1, 0.15) is 18.9 Å². The molecule has 5 aliphatic rings. The van der Waals surface area contributed by atoms with Crippen molar-refractivity contribution in [2.24, 2.45) is 17.8 Å². The third-order valence-electron chi connectivity index (χ3n) is 6.63. The molecule has 4 nitrogen and oxygen atoms in total. The summed E-state index contributed by atoms with van der Waals surface area (Å²) >= 11 is 0. The number of ether oxygens (including phenoxy) is 2. The summed E-state index contributed by atoms with van der Waals surface area (Å²) in [6.45, 7) is 3.56. The van der Waals surface area contributed by atoms with Gasteiger partial charge in [-0.25, -0.2) is 4.79 Å². The number of carbonyl (C=O) groups is 1. The summed E-state index contributed by atoms with van der Waals surface area (Å²) in [5.74, 6) is 1.39. The summed E-state index contributed by atoms with van der Waals surface area (Å²) < 4.78 is 11.6. The van der Waals surface area contributed by atoms with E-state index in [1.165, 1.54) is 5.56 Å². The predicted molar refractivity (Wildman–Crippen MR) is 89.5 cm³/mol. The van der Waals surface area contributed by atoms with E-state index in [2.05, 4.69) is 43.3 Å². The van der Waals surface area contributed by atoms with E-state index in [0.717, 1.165) is 19.4 Å². The molecular formula is C20H23NO3. The molecule has 6 rings (SSSR count). The van der Waals surface area contributed by atoms with Gasteiger partial charge in [0.05, 0.1) is 24.3 Å². The quantitative estimate of drug-likeness (QED) is 0.802. The third-order valence-corrected chi connectivity index (χ3v) is 6.63. The lowest BCUT2D eigenvalue weighted by atomic mass is 9.59. The molecule has 4 heteroatoms. The first-order valence-corrected chi connectivity index (χ1v) is 9.00. The number of carbonyl (C=O) groups excluding carboxylic acids is 1. The second-order valence-electron chi connectivity index (χ2n) is 7.77. The number of hydrogen-bond acceptors (Lipinski definition) is 3. The smallest absolute Gasteiger partial charge is 0.410 e. The van der Waals surface area contributed by atoms with Crippen LogP contribution in [0.15, 0.2) is 42.5 Å². The first kappa shape index (κ1) is 14.5. The number of hydrogen-bond donors (Lipinski definition) is 0.